The van der Waals surface area contributed by atoms with Gasteiger partial charge in [0.25, 0.3) is 0 Å². The zero-order chi connectivity index (χ0) is 10.3. The predicted molar refractivity (Wildman–Crippen MR) is 64.1 cm³/mol. The van der Waals surface area contributed by atoms with Crippen LogP contribution in [0.25, 0.3) is 10.9 Å². The Morgan fingerprint density at radius 2 is 2.13 bits per heavy atom. The highest BCUT2D eigenvalue weighted by Gasteiger charge is 2.16. The van der Waals surface area contributed by atoms with Gasteiger partial charge < -0.3 is 4.90 Å². The molecule has 2 heterocycles. The van der Waals surface area contributed by atoms with E-state index in [0.717, 1.165) is 34.4 Å². The van der Waals surface area contributed by atoms with Gasteiger partial charge in [0.15, 0.2) is 0 Å². The van der Waals surface area contributed by atoms with Crippen molar-refractivity contribution in [2.75, 3.05) is 18.0 Å². The first-order valence-corrected chi connectivity index (χ1v) is 5.79. The lowest BCUT2D eigenvalue weighted by molar-refractivity contribution is 0.601. The normalized spacial score (nSPS) is 15.4. The number of benzene rings is 1. The average molecular weight is 264 g/mol. The van der Waals surface area contributed by atoms with E-state index in [1.165, 1.54) is 6.42 Å². The van der Waals surface area contributed by atoms with Gasteiger partial charge >= 0.3 is 0 Å². The van der Waals surface area contributed by atoms with Gasteiger partial charge in [-0.25, -0.2) is 9.97 Å². The van der Waals surface area contributed by atoms with Crippen LogP contribution in [0.3, 0.4) is 0 Å². The molecular weight excluding hydrogens is 254 g/mol. The van der Waals surface area contributed by atoms with Crippen molar-refractivity contribution in [1.82, 2.24) is 9.97 Å². The summed E-state index contributed by atoms with van der Waals surface area (Å²) in [4.78, 5) is 11.1. The second-order valence-electron chi connectivity index (χ2n) is 3.71. The van der Waals surface area contributed by atoms with Crippen LogP contribution in [0.2, 0.25) is 0 Å². The lowest BCUT2D eigenvalue weighted by Gasteiger charge is -2.30. The predicted octanol–water partition coefficient (Wildman–Crippen LogP) is 2.60. The molecule has 76 valence electrons. The average Bonchev–Trinajstić information content (AvgIpc) is 2.15. The zero-order valence-electron chi connectivity index (χ0n) is 8.15. The Balaban J connectivity index is 2.09. The molecule has 1 saturated heterocycles. The van der Waals surface area contributed by atoms with Crippen LogP contribution in [-0.2, 0) is 0 Å². The van der Waals surface area contributed by atoms with Crippen LogP contribution in [-0.4, -0.2) is 23.1 Å². The summed E-state index contributed by atoms with van der Waals surface area (Å²) in [5, 5.41) is 1.08. The van der Waals surface area contributed by atoms with Crippen molar-refractivity contribution >= 4 is 32.8 Å². The number of aromatic nitrogens is 2. The van der Waals surface area contributed by atoms with Crippen molar-refractivity contribution < 1.29 is 0 Å². The summed E-state index contributed by atoms with van der Waals surface area (Å²) in [6.45, 7) is 2.17. The van der Waals surface area contributed by atoms with E-state index in [2.05, 4.69) is 30.8 Å². The molecule has 0 spiro atoms. The van der Waals surface area contributed by atoms with Gasteiger partial charge in [0.1, 0.15) is 0 Å². The van der Waals surface area contributed by atoms with E-state index in [-0.39, 0.29) is 0 Å². The third-order valence-electron chi connectivity index (χ3n) is 2.67. The Hall–Kier alpha value is -1.16. The monoisotopic (exact) mass is 263 g/mol. The lowest BCUT2D eigenvalue weighted by atomic mass is 10.2. The summed E-state index contributed by atoms with van der Waals surface area (Å²) in [7, 11) is 0. The molecule has 0 aliphatic carbocycles. The topological polar surface area (TPSA) is 29.0 Å². The summed E-state index contributed by atoms with van der Waals surface area (Å²) in [6.07, 6.45) is 3.14. The standard InChI is InChI=1S/C11H10BrN3/c12-9-2-3-10-8(6-9)7-13-11(14-10)15-4-1-5-15/h2-3,6-7H,1,4-5H2. The highest BCUT2D eigenvalue weighted by atomic mass is 79.9. The number of hydrogen-bond donors (Lipinski definition) is 0. The second kappa shape index (κ2) is 3.45. The van der Waals surface area contributed by atoms with Gasteiger partial charge in [0, 0.05) is 29.1 Å². The van der Waals surface area contributed by atoms with Crippen molar-refractivity contribution in [1.29, 1.82) is 0 Å². The third-order valence-corrected chi connectivity index (χ3v) is 3.16. The van der Waals surface area contributed by atoms with Crippen molar-refractivity contribution in [2.24, 2.45) is 0 Å². The molecule has 0 unspecified atom stereocenters. The smallest absolute Gasteiger partial charge is 0.225 e. The minimum Gasteiger partial charge on any atom is -0.341 e. The minimum absolute atomic E-state index is 0.857. The molecule has 1 aliphatic rings. The Kier molecular flexibility index (Phi) is 2.09. The van der Waals surface area contributed by atoms with Crippen molar-refractivity contribution in [3.63, 3.8) is 0 Å². The maximum absolute atomic E-state index is 4.53. The number of fused-ring (bicyclic) bond motifs is 1. The highest BCUT2D eigenvalue weighted by molar-refractivity contribution is 9.10. The highest BCUT2D eigenvalue weighted by Crippen LogP contribution is 2.21. The number of halogens is 1. The molecule has 0 saturated carbocycles. The van der Waals surface area contributed by atoms with E-state index in [9.17, 15) is 0 Å². The lowest BCUT2D eigenvalue weighted by Crippen LogP contribution is -2.38. The number of nitrogens with zero attached hydrogens (tertiary/aromatic N) is 3. The van der Waals surface area contributed by atoms with Crippen molar-refractivity contribution in [3.8, 4) is 0 Å². The minimum atomic E-state index is 0.857. The van der Waals surface area contributed by atoms with Gasteiger partial charge in [0.2, 0.25) is 5.95 Å². The Labute approximate surface area is 96.3 Å². The molecule has 1 fully saturated rings. The van der Waals surface area contributed by atoms with Crippen LogP contribution in [0.15, 0.2) is 28.9 Å². The summed E-state index contributed by atoms with van der Waals surface area (Å²) in [5.74, 6) is 0.857. The Bertz CT molecular complexity index is 508. The summed E-state index contributed by atoms with van der Waals surface area (Å²) < 4.78 is 1.07. The fourth-order valence-corrected chi connectivity index (χ4v) is 2.04. The molecule has 0 amide bonds. The Morgan fingerprint density at radius 1 is 1.27 bits per heavy atom. The van der Waals surface area contributed by atoms with E-state index >= 15 is 0 Å². The fourth-order valence-electron chi connectivity index (χ4n) is 1.66. The van der Waals surface area contributed by atoms with Crippen molar-refractivity contribution in [3.05, 3.63) is 28.9 Å². The summed E-state index contributed by atoms with van der Waals surface area (Å²) in [5.41, 5.74) is 1.01. The molecule has 4 heteroatoms. The molecule has 0 N–H and O–H groups in total. The van der Waals surface area contributed by atoms with Gasteiger partial charge in [-0.15, -0.1) is 0 Å². The van der Waals surface area contributed by atoms with Crippen LogP contribution < -0.4 is 4.90 Å². The van der Waals surface area contributed by atoms with Crippen LogP contribution >= 0.6 is 15.9 Å². The third kappa shape index (κ3) is 1.59. The molecule has 3 nitrogen and oxygen atoms in total. The quantitative estimate of drug-likeness (QED) is 0.792. The van der Waals surface area contributed by atoms with Gasteiger partial charge in [-0.05, 0) is 24.6 Å². The maximum Gasteiger partial charge on any atom is 0.225 e. The van der Waals surface area contributed by atoms with E-state index in [1.807, 2.05) is 24.4 Å². The van der Waals surface area contributed by atoms with Crippen LogP contribution in [0.4, 0.5) is 5.95 Å². The van der Waals surface area contributed by atoms with Gasteiger partial charge in [0.05, 0.1) is 5.52 Å². The fraction of sp³-hybridized carbons (Fsp3) is 0.273. The van der Waals surface area contributed by atoms with Crippen molar-refractivity contribution in [2.45, 2.75) is 6.42 Å². The number of anilines is 1. The summed E-state index contributed by atoms with van der Waals surface area (Å²) in [6, 6.07) is 6.06. The van der Waals surface area contributed by atoms with Crippen LogP contribution in [0.1, 0.15) is 6.42 Å². The molecule has 0 radical (unpaired) electrons. The molecule has 1 aromatic heterocycles. The first-order valence-electron chi connectivity index (χ1n) is 5.00. The molecule has 15 heavy (non-hydrogen) atoms. The molecule has 3 rings (SSSR count). The van der Waals surface area contributed by atoms with Gasteiger partial charge in [-0.2, -0.15) is 0 Å². The molecule has 2 aromatic rings. The van der Waals surface area contributed by atoms with Crippen LogP contribution in [0, 0.1) is 0 Å². The molecule has 1 aromatic carbocycles. The van der Waals surface area contributed by atoms with E-state index in [0.29, 0.717) is 0 Å². The molecule has 0 atom stereocenters. The summed E-state index contributed by atoms with van der Waals surface area (Å²) >= 11 is 3.44. The molecular formula is C11H10BrN3. The largest absolute Gasteiger partial charge is 0.341 e. The number of hydrogen-bond acceptors (Lipinski definition) is 3. The Morgan fingerprint density at radius 3 is 2.87 bits per heavy atom. The first kappa shape index (κ1) is 9.09. The van der Waals surface area contributed by atoms with Gasteiger partial charge in [-0.3, -0.25) is 0 Å². The maximum atomic E-state index is 4.53. The van der Waals surface area contributed by atoms with Gasteiger partial charge in [-0.1, -0.05) is 15.9 Å². The molecule has 0 bridgehead atoms. The SMILES string of the molecule is Brc1ccc2nc(N3CCC3)ncc2c1. The van der Waals surface area contributed by atoms with Crippen LogP contribution in [0.5, 0.6) is 0 Å². The van der Waals surface area contributed by atoms with E-state index < -0.39 is 0 Å². The molecule has 1 aliphatic heterocycles. The second-order valence-corrected chi connectivity index (χ2v) is 4.63. The van der Waals surface area contributed by atoms with E-state index in [1.54, 1.807) is 0 Å². The zero-order valence-corrected chi connectivity index (χ0v) is 9.74. The number of rotatable bonds is 1. The van der Waals surface area contributed by atoms with E-state index in [4.69, 9.17) is 0 Å². The first-order chi connectivity index (χ1) is 7.33.